The van der Waals surface area contributed by atoms with Gasteiger partial charge in [0.1, 0.15) is 27.1 Å². The minimum absolute atomic E-state index is 0.00595. The second-order valence-electron chi connectivity index (χ2n) is 6.21. The third-order valence-corrected chi connectivity index (χ3v) is 4.71. The highest BCUT2D eigenvalue weighted by molar-refractivity contribution is 7.90. The molecule has 1 atom stereocenters. The number of aliphatic imine (C=N–C) groups is 1. The zero-order valence-corrected chi connectivity index (χ0v) is 17.6. The summed E-state index contributed by atoms with van der Waals surface area (Å²) in [7, 11) is 1.91. The Morgan fingerprint density at radius 2 is 1.74 bits per heavy atom. The van der Waals surface area contributed by atoms with Crippen molar-refractivity contribution in [3.63, 3.8) is 0 Å². The number of guanidine groups is 1. The first-order valence-corrected chi connectivity index (χ1v) is 10.8. The van der Waals surface area contributed by atoms with E-state index in [2.05, 4.69) is 15.6 Å². The summed E-state index contributed by atoms with van der Waals surface area (Å²) in [6.07, 6.45) is 2.53. The van der Waals surface area contributed by atoms with Crippen molar-refractivity contribution in [1.82, 2.24) is 10.6 Å². The number of nitrogens with zero attached hydrogens (tertiary/aromatic N) is 1. The number of hydrogen-bond donors (Lipinski definition) is 2. The van der Waals surface area contributed by atoms with Gasteiger partial charge in [-0.25, -0.2) is 8.42 Å². The van der Waals surface area contributed by atoms with Crippen LogP contribution in [0.1, 0.15) is 19.8 Å². The summed E-state index contributed by atoms with van der Waals surface area (Å²) in [4.78, 5) is 4.14. The molecule has 0 spiro atoms. The fourth-order valence-electron chi connectivity index (χ4n) is 2.22. The molecule has 1 unspecified atom stereocenters. The maximum absolute atomic E-state index is 11.2. The molecule has 27 heavy (non-hydrogen) atoms. The normalized spacial score (nSPS) is 13.0. The van der Waals surface area contributed by atoms with E-state index in [4.69, 9.17) is 14.2 Å². The quantitative estimate of drug-likeness (QED) is 0.329. The first-order valence-electron chi connectivity index (χ1n) is 8.78. The molecule has 0 amide bonds. The lowest BCUT2D eigenvalue weighted by atomic mass is 10.3. The van der Waals surface area contributed by atoms with Crippen molar-refractivity contribution in [2.45, 2.75) is 25.8 Å². The van der Waals surface area contributed by atoms with Crippen LogP contribution in [0.2, 0.25) is 0 Å². The van der Waals surface area contributed by atoms with Crippen molar-refractivity contribution in [3.8, 4) is 17.2 Å². The van der Waals surface area contributed by atoms with Crippen LogP contribution in [0.25, 0.3) is 0 Å². The van der Waals surface area contributed by atoms with E-state index in [1.165, 1.54) is 6.26 Å². The SMILES string of the molecule is CN=C(NCCCOc1cc(OC)cc(OC)c1)NC(C)CCS(C)(=O)=O. The molecule has 9 heteroatoms. The summed E-state index contributed by atoms with van der Waals surface area (Å²) in [6, 6.07) is 5.40. The van der Waals surface area contributed by atoms with E-state index in [0.717, 1.165) is 6.42 Å². The van der Waals surface area contributed by atoms with Crippen LogP contribution in [-0.2, 0) is 9.84 Å². The molecule has 0 heterocycles. The summed E-state index contributed by atoms with van der Waals surface area (Å²) in [5, 5.41) is 6.37. The highest BCUT2D eigenvalue weighted by Gasteiger charge is 2.09. The van der Waals surface area contributed by atoms with Crippen molar-refractivity contribution in [2.75, 3.05) is 46.4 Å². The van der Waals surface area contributed by atoms with Crippen LogP contribution in [0, 0.1) is 0 Å². The molecule has 154 valence electrons. The third-order valence-electron chi connectivity index (χ3n) is 3.74. The Kier molecular flexibility index (Phi) is 9.77. The lowest BCUT2D eigenvalue weighted by Crippen LogP contribution is -2.43. The number of benzene rings is 1. The van der Waals surface area contributed by atoms with E-state index in [9.17, 15) is 8.42 Å². The molecule has 0 fully saturated rings. The number of ether oxygens (including phenoxy) is 3. The number of rotatable bonds is 11. The van der Waals surface area contributed by atoms with Crippen molar-refractivity contribution in [3.05, 3.63) is 18.2 Å². The van der Waals surface area contributed by atoms with Gasteiger partial charge in [-0.15, -0.1) is 0 Å². The molecule has 0 aliphatic rings. The highest BCUT2D eigenvalue weighted by atomic mass is 32.2. The topological polar surface area (TPSA) is 98.2 Å². The number of sulfone groups is 1. The van der Waals surface area contributed by atoms with Crippen LogP contribution < -0.4 is 24.8 Å². The first kappa shape index (κ1) is 22.9. The molecule has 0 aliphatic carbocycles. The van der Waals surface area contributed by atoms with E-state index in [1.807, 2.05) is 6.92 Å². The smallest absolute Gasteiger partial charge is 0.191 e. The lowest BCUT2D eigenvalue weighted by molar-refractivity contribution is 0.305. The summed E-state index contributed by atoms with van der Waals surface area (Å²) in [5.41, 5.74) is 0. The molecule has 1 aromatic carbocycles. The Balaban J connectivity index is 2.33. The van der Waals surface area contributed by atoms with E-state index in [1.54, 1.807) is 39.5 Å². The molecular weight excluding hydrogens is 370 g/mol. The van der Waals surface area contributed by atoms with Crippen molar-refractivity contribution in [1.29, 1.82) is 0 Å². The van der Waals surface area contributed by atoms with Gasteiger partial charge >= 0.3 is 0 Å². The second-order valence-corrected chi connectivity index (χ2v) is 8.47. The molecule has 1 rings (SSSR count). The van der Waals surface area contributed by atoms with E-state index in [-0.39, 0.29) is 11.8 Å². The fourth-order valence-corrected chi connectivity index (χ4v) is 3.01. The van der Waals surface area contributed by atoms with Gasteiger partial charge in [0.15, 0.2) is 5.96 Å². The van der Waals surface area contributed by atoms with Crippen LogP contribution in [0.5, 0.6) is 17.2 Å². The van der Waals surface area contributed by atoms with Gasteiger partial charge in [-0.2, -0.15) is 0 Å². The molecule has 0 saturated heterocycles. The number of nitrogens with one attached hydrogen (secondary N) is 2. The third kappa shape index (κ3) is 9.93. The average molecular weight is 402 g/mol. The molecule has 0 saturated carbocycles. The predicted octanol–water partition coefficient (Wildman–Crippen LogP) is 1.46. The van der Waals surface area contributed by atoms with Gasteiger partial charge in [0.25, 0.3) is 0 Å². The molecule has 8 nitrogen and oxygen atoms in total. The van der Waals surface area contributed by atoms with Gasteiger partial charge in [-0.1, -0.05) is 0 Å². The van der Waals surface area contributed by atoms with E-state index < -0.39 is 9.84 Å². The second kappa shape index (κ2) is 11.5. The van der Waals surface area contributed by atoms with Gasteiger partial charge in [0.05, 0.1) is 26.6 Å². The zero-order chi connectivity index (χ0) is 20.3. The van der Waals surface area contributed by atoms with Crippen LogP contribution >= 0.6 is 0 Å². The van der Waals surface area contributed by atoms with Crippen molar-refractivity contribution < 1.29 is 22.6 Å². The van der Waals surface area contributed by atoms with Crippen LogP contribution in [0.3, 0.4) is 0 Å². The zero-order valence-electron chi connectivity index (χ0n) is 16.7. The van der Waals surface area contributed by atoms with Crippen LogP contribution in [0.4, 0.5) is 0 Å². The predicted molar refractivity (Wildman–Crippen MR) is 108 cm³/mol. The largest absolute Gasteiger partial charge is 0.496 e. The monoisotopic (exact) mass is 401 g/mol. The molecule has 0 bridgehead atoms. The van der Waals surface area contributed by atoms with Crippen LogP contribution in [0.15, 0.2) is 23.2 Å². The average Bonchev–Trinajstić information content (AvgIpc) is 2.64. The standard InChI is InChI=1S/C18H31N3O5S/c1-14(7-10-27(5,22)23)21-18(19-2)20-8-6-9-26-17-12-15(24-3)11-16(13-17)25-4/h11-14H,6-10H2,1-5H3,(H2,19,20,21). The minimum atomic E-state index is -2.96. The summed E-state index contributed by atoms with van der Waals surface area (Å²) >= 11 is 0. The lowest BCUT2D eigenvalue weighted by Gasteiger charge is -2.17. The van der Waals surface area contributed by atoms with Gasteiger partial charge in [-0.05, 0) is 19.8 Å². The molecule has 0 aromatic heterocycles. The molecular formula is C18H31N3O5S. The summed E-state index contributed by atoms with van der Waals surface area (Å²) < 4.78 is 38.6. The van der Waals surface area contributed by atoms with Gasteiger partial charge < -0.3 is 24.8 Å². The Labute approximate surface area is 162 Å². The van der Waals surface area contributed by atoms with Gasteiger partial charge in [-0.3, -0.25) is 4.99 Å². The van der Waals surface area contributed by atoms with E-state index in [0.29, 0.717) is 42.8 Å². The number of hydrogen-bond acceptors (Lipinski definition) is 6. The molecule has 1 aromatic rings. The summed E-state index contributed by atoms with van der Waals surface area (Å²) in [5.74, 6) is 2.82. The molecule has 0 aliphatic heterocycles. The van der Waals surface area contributed by atoms with Gasteiger partial charge in [0, 0.05) is 44.1 Å². The minimum Gasteiger partial charge on any atom is -0.496 e. The van der Waals surface area contributed by atoms with Crippen molar-refractivity contribution in [2.24, 2.45) is 4.99 Å². The molecule has 2 N–H and O–H groups in total. The maximum Gasteiger partial charge on any atom is 0.191 e. The molecule has 0 radical (unpaired) electrons. The van der Waals surface area contributed by atoms with Crippen LogP contribution in [-0.4, -0.2) is 66.8 Å². The maximum atomic E-state index is 11.2. The summed E-state index contributed by atoms with van der Waals surface area (Å²) in [6.45, 7) is 3.11. The highest BCUT2D eigenvalue weighted by Crippen LogP contribution is 2.27. The first-order chi connectivity index (χ1) is 12.8. The Morgan fingerprint density at radius 1 is 1.15 bits per heavy atom. The fraction of sp³-hybridized carbons (Fsp3) is 0.611. The number of methoxy groups -OCH3 is 2. The Hall–Kier alpha value is -2.16. The Morgan fingerprint density at radius 3 is 2.26 bits per heavy atom. The van der Waals surface area contributed by atoms with Gasteiger partial charge in [0.2, 0.25) is 0 Å². The van der Waals surface area contributed by atoms with E-state index >= 15 is 0 Å². The Bertz CT molecular complexity index is 685. The van der Waals surface area contributed by atoms with Crippen molar-refractivity contribution >= 4 is 15.8 Å².